The van der Waals surface area contributed by atoms with Crippen LogP contribution in [-0.2, 0) is 0 Å². The molecule has 1 saturated carbocycles. The minimum absolute atomic E-state index is 0.618. The number of anilines is 2. The third-order valence-electron chi connectivity index (χ3n) is 3.10. The molecule has 0 aromatic carbocycles. The lowest BCUT2D eigenvalue weighted by atomic mass is 10.2. The van der Waals surface area contributed by atoms with E-state index in [4.69, 9.17) is 5.73 Å². The molecule has 0 saturated heterocycles. The van der Waals surface area contributed by atoms with Crippen molar-refractivity contribution in [2.45, 2.75) is 38.6 Å². The molecule has 0 radical (unpaired) electrons. The van der Waals surface area contributed by atoms with E-state index in [-0.39, 0.29) is 0 Å². The van der Waals surface area contributed by atoms with E-state index in [2.05, 4.69) is 21.8 Å². The van der Waals surface area contributed by atoms with Crippen molar-refractivity contribution < 1.29 is 0 Å². The average molecular weight is 206 g/mol. The monoisotopic (exact) mass is 206 g/mol. The summed E-state index contributed by atoms with van der Waals surface area (Å²) in [5, 5.41) is 0. The number of hydrogen-bond donors (Lipinski definition) is 1. The predicted octanol–water partition coefficient (Wildman–Crippen LogP) is 1.83. The van der Waals surface area contributed by atoms with Gasteiger partial charge in [-0.1, -0.05) is 12.8 Å². The molecule has 1 fully saturated rings. The molecule has 1 heterocycles. The maximum atomic E-state index is 5.90. The summed E-state index contributed by atoms with van der Waals surface area (Å²) in [6.45, 7) is 3.12. The SMILES string of the molecule is CCN(c1ncncc1N)C1CCCC1. The van der Waals surface area contributed by atoms with E-state index in [1.807, 2.05) is 0 Å². The van der Waals surface area contributed by atoms with Crippen LogP contribution in [0.25, 0.3) is 0 Å². The molecule has 0 bridgehead atoms. The van der Waals surface area contributed by atoms with Crippen LogP contribution in [-0.4, -0.2) is 22.6 Å². The van der Waals surface area contributed by atoms with E-state index in [0.717, 1.165) is 12.4 Å². The zero-order valence-corrected chi connectivity index (χ0v) is 9.19. The van der Waals surface area contributed by atoms with Gasteiger partial charge in [0.15, 0.2) is 5.82 Å². The average Bonchev–Trinajstić information content (AvgIpc) is 2.75. The van der Waals surface area contributed by atoms with Gasteiger partial charge in [0.05, 0.1) is 11.9 Å². The minimum Gasteiger partial charge on any atom is -0.394 e. The Morgan fingerprint density at radius 2 is 2.20 bits per heavy atom. The maximum absolute atomic E-state index is 5.90. The van der Waals surface area contributed by atoms with Gasteiger partial charge in [0.25, 0.3) is 0 Å². The Hall–Kier alpha value is -1.32. The largest absolute Gasteiger partial charge is 0.394 e. The number of hydrogen-bond acceptors (Lipinski definition) is 4. The van der Waals surface area contributed by atoms with E-state index >= 15 is 0 Å². The van der Waals surface area contributed by atoms with Crippen LogP contribution in [0.5, 0.6) is 0 Å². The summed E-state index contributed by atoms with van der Waals surface area (Å²) in [7, 11) is 0. The van der Waals surface area contributed by atoms with E-state index in [1.54, 1.807) is 12.5 Å². The van der Waals surface area contributed by atoms with Crippen molar-refractivity contribution in [3.63, 3.8) is 0 Å². The predicted molar refractivity (Wildman–Crippen MR) is 61.7 cm³/mol. The van der Waals surface area contributed by atoms with Crippen LogP contribution < -0.4 is 10.6 Å². The molecule has 2 rings (SSSR count). The molecule has 2 N–H and O–H groups in total. The molecule has 0 amide bonds. The first-order valence-electron chi connectivity index (χ1n) is 5.65. The van der Waals surface area contributed by atoms with Gasteiger partial charge in [-0.2, -0.15) is 0 Å². The summed E-state index contributed by atoms with van der Waals surface area (Å²) in [6, 6.07) is 0.618. The zero-order chi connectivity index (χ0) is 10.7. The van der Waals surface area contributed by atoms with Gasteiger partial charge in [-0.05, 0) is 19.8 Å². The lowest BCUT2D eigenvalue weighted by Crippen LogP contribution is -2.34. The molecule has 0 unspecified atom stereocenters. The molecule has 1 aliphatic rings. The van der Waals surface area contributed by atoms with Crippen LogP contribution in [0.1, 0.15) is 32.6 Å². The number of aromatic nitrogens is 2. The molecule has 1 aromatic rings. The number of nitrogens with two attached hydrogens (primary N) is 1. The summed E-state index contributed by atoms with van der Waals surface area (Å²) < 4.78 is 0. The fourth-order valence-corrected chi connectivity index (χ4v) is 2.37. The van der Waals surface area contributed by atoms with Gasteiger partial charge in [0, 0.05) is 12.6 Å². The van der Waals surface area contributed by atoms with Crippen LogP contribution in [0.15, 0.2) is 12.5 Å². The molecule has 15 heavy (non-hydrogen) atoms. The molecule has 1 aliphatic carbocycles. The van der Waals surface area contributed by atoms with Gasteiger partial charge in [-0.15, -0.1) is 0 Å². The topological polar surface area (TPSA) is 55.0 Å². The van der Waals surface area contributed by atoms with Crippen molar-refractivity contribution >= 4 is 11.5 Å². The van der Waals surface area contributed by atoms with Gasteiger partial charge in [0.1, 0.15) is 6.33 Å². The van der Waals surface area contributed by atoms with Gasteiger partial charge in [-0.3, -0.25) is 0 Å². The van der Waals surface area contributed by atoms with Crippen molar-refractivity contribution in [3.8, 4) is 0 Å². The van der Waals surface area contributed by atoms with E-state index < -0.39 is 0 Å². The highest BCUT2D eigenvalue weighted by Gasteiger charge is 2.23. The Bertz CT molecular complexity index is 320. The Morgan fingerprint density at radius 3 is 2.80 bits per heavy atom. The molecule has 82 valence electrons. The molecule has 0 atom stereocenters. The van der Waals surface area contributed by atoms with Crippen molar-refractivity contribution in [1.29, 1.82) is 0 Å². The highest BCUT2D eigenvalue weighted by atomic mass is 15.2. The summed E-state index contributed by atoms with van der Waals surface area (Å²) in [6.07, 6.45) is 8.43. The lowest BCUT2D eigenvalue weighted by Gasteiger charge is -2.29. The smallest absolute Gasteiger partial charge is 0.155 e. The molecular formula is C11H18N4. The minimum atomic E-state index is 0.618. The second-order valence-corrected chi connectivity index (χ2v) is 4.03. The fraction of sp³-hybridized carbons (Fsp3) is 0.636. The van der Waals surface area contributed by atoms with Crippen LogP contribution >= 0.6 is 0 Å². The fourth-order valence-electron chi connectivity index (χ4n) is 2.37. The number of rotatable bonds is 3. The highest BCUT2D eigenvalue weighted by molar-refractivity contribution is 5.61. The third kappa shape index (κ3) is 2.03. The van der Waals surface area contributed by atoms with Crippen molar-refractivity contribution in [2.75, 3.05) is 17.2 Å². The van der Waals surface area contributed by atoms with Gasteiger partial charge >= 0.3 is 0 Å². The van der Waals surface area contributed by atoms with Crippen LogP contribution in [0.4, 0.5) is 11.5 Å². The molecule has 4 heteroatoms. The number of nitrogen functional groups attached to an aromatic ring is 1. The normalized spacial score (nSPS) is 16.9. The Labute approximate surface area is 90.5 Å². The van der Waals surface area contributed by atoms with Gasteiger partial charge < -0.3 is 10.6 Å². The first-order chi connectivity index (χ1) is 7.33. The highest BCUT2D eigenvalue weighted by Crippen LogP contribution is 2.29. The lowest BCUT2D eigenvalue weighted by molar-refractivity contribution is 0.613. The van der Waals surface area contributed by atoms with E-state index in [0.29, 0.717) is 11.7 Å². The standard InChI is InChI=1S/C11H18N4/c1-2-15(9-5-3-4-6-9)11-10(12)7-13-8-14-11/h7-9H,2-6,12H2,1H3. The summed E-state index contributed by atoms with van der Waals surface area (Å²) in [5.74, 6) is 0.902. The van der Waals surface area contributed by atoms with Crippen LogP contribution in [0.2, 0.25) is 0 Å². The maximum Gasteiger partial charge on any atom is 0.155 e. The Balaban J connectivity index is 2.22. The third-order valence-corrected chi connectivity index (χ3v) is 3.10. The van der Waals surface area contributed by atoms with Crippen molar-refractivity contribution in [3.05, 3.63) is 12.5 Å². The summed E-state index contributed by atoms with van der Waals surface area (Å²) >= 11 is 0. The molecule has 0 aliphatic heterocycles. The van der Waals surface area contributed by atoms with Crippen molar-refractivity contribution in [2.24, 2.45) is 0 Å². The van der Waals surface area contributed by atoms with Gasteiger partial charge in [0.2, 0.25) is 0 Å². The first kappa shape index (κ1) is 10.2. The van der Waals surface area contributed by atoms with E-state index in [9.17, 15) is 0 Å². The quantitative estimate of drug-likeness (QED) is 0.819. The Morgan fingerprint density at radius 1 is 1.47 bits per heavy atom. The molecule has 4 nitrogen and oxygen atoms in total. The number of nitrogens with zero attached hydrogens (tertiary/aromatic N) is 3. The molecular weight excluding hydrogens is 188 g/mol. The second-order valence-electron chi connectivity index (χ2n) is 4.03. The van der Waals surface area contributed by atoms with Crippen LogP contribution in [0, 0.1) is 0 Å². The molecule has 0 spiro atoms. The van der Waals surface area contributed by atoms with Gasteiger partial charge in [-0.25, -0.2) is 9.97 Å². The van der Waals surface area contributed by atoms with Crippen molar-refractivity contribution in [1.82, 2.24) is 9.97 Å². The van der Waals surface area contributed by atoms with E-state index in [1.165, 1.54) is 25.7 Å². The second kappa shape index (κ2) is 4.47. The summed E-state index contributed by atoms with van der Waals surface area (Å²) in [4.78, 5) is 10.5. The first-order valence-corrected chi connectivity index (χ1v) is 5.65. The Kier molecular flexibility index (Phi) is 3.04. The zero-order valence-electron chi connectivity index (χ0n) is 9.19. The molecule has 1 aromatic heterocycles. The summed E-state index contributed by atoms with van der Waals surface area (Å²) in [5.41, 5.74) is 6.58. The van der Waals surface area contributed by atoms with Crippen LogP contribution in [0.3, 0.4) is 0 Å².